The fourth-order valence-electron chi connectivity index (χ4n) is 2.28. The van der Waals surface area contributed by atoms with Gasteiger partial charge in [-0.2, -0.15) is 0 Å². The van der Waals surface area contributed by atoms with Gasteiger partial charge < -0.3 is 9.47 Å². The van der Waals surface area contributed by atoms with E-state index in [0.29, 0.717) is 11.1 Å². The third kappa shape index (κ3) is 3.87. The Hall–Kier alpha value is -2.95. The SMILES string of the molecule is CC/C=C(/C)c1cccc(C(=O)OC)c1OC(=O)c1ccncc1. The average Bonchev–Trinajstić information content (AvgIpc) is 2.62. The van der Waals surface area contributed by atoms with Crippen molar-refractivity contribution >= 4 is 17.5 Å². The average molecular weight is 325 g/mol. The van der Waals surface area contributed by atoms with Crippen LogP contribution >= 0.6 is 0 Å². The summed E-state index contributed by atoms with van der Waals surface area (Å²) in [4.78, 5) is 28.3. The standard InChI is InChI=1S/C19H19NO4/c1-4-6-13(2)15-7-5-8-16(19(22)23-3)17(15)24-18(21)14-9-11-20-12-10-14/h5-12H,4H2,1-3H3/b13-6-. The van der Waals surface area contributed by atoms with Crippen LogP contribution in [0.5, 0.6) is 5.75 Å². The molecule has 2 aromatic rings. The van der Waals surface area contributed by atoms with Crippen LogP contribution in [-0.2, 0) is 4.74 Å². The van der Waals surface area contributed by atoms with E-state index in [2.05, 4.69) is 4.98 Å². The molecule has 1 aromatic carbocycles. The summed E-state index contributed by atoms with van der Waals surface area (Å²) in [6.45, 7) is 3.92. The largest absolute Gasteiger partial charge is 0.465 e. The lowest BCUT2D eigenvalue weighted by atomic mass is 10.0. The molecule has 0 amide bonds. The summed E-state index contributed by atoms with van der Waals surface area (Å²) in [6.07, 6.45) is 5.84. The summed E-state index contributed by atoms with van der Waals surface area (Å²) in [5.74, 6) is -0.911. The van der Waals surface area contributed by atoms with Gasteiger partial charge in [-0.05, 0) is 37.1 Å². The molecule has 0 aliphatic heterocycles. The second-order valence-electron chi connectivity index (χ2n) is 5.09. The first kappa shape index (κ1) is 17.4. The Morgan fingerprint density at radius 1 is 1.08 bits per heavy atom. The predicted molar refractivity (Wildman–Crippen MR) is 90.9 cm³/mol. The second-order valence-corrected chi connectivity index (χ2v) is 5.09. The summed E-state index contributed by atoms with van der Waals surface area (Å²) in [6, 6.07) is 8.22. The molecule has 0 saturated carbocycles. The zero-order chi connectivity index (χ0) is 17.5. The van der Waals surface area contributed by atoms with Crippen molar-refractivity contribution < 1.29 is 19.1 Å². The van der Waals surface area contributed by atoms with E-state index in [1.54, 1.807) is 24.3 Å². The van der Waals surface area contributed by atoms with Gasteiger partial charge in [0.15, 0.2) is 5.75 Å². The highest BCUT2D eigenvalue weighted by atomic mass is 16.5. The molecule has 0 N–H and O–H groups in total. The first-order chi connectivity index (χ1) is 11.6. The number of para-hydroxylation sites is 1. The number of allylic oxidation sites excluding steroid dienone is 2. The van der Waals surface area contributed by atoms with E-state index >= 15 is 0 Å². The Morgan fingerprint density at radius 3 is 2.38 bits per heavy atom. The van der Waals surface area contributed by atoms with Gasteiger partial charge in [0.05, 0.1) is 12.7 Å². The van der Waals surface area contributed by atoms with Crippen molar-refractivity contribution in [3.8, 4) is 5.75 Å². The monoisotopic (exact) mass is 325 g/mol. The minimum absolute atomic E-state index is 0.202. The molecule has 0 aliphatic carbocycles. The van der Waals surface area contributed by atoms with Gasteiger partial charge in [-0.3, -0.25) is 4.98 Å². The number of nitrogens with zero attached hydrogens (tertiary/aromatic N) is 1. The lowest BCUT2D eigenvalue weighted by Gasteiger charge is -2.14. The molecule has 0 aliphatic rings. The quantitative estimate of drug-likeness (QED) is 0.616. The van der Waals surface area contributed by atoms with Gasteiger partial charge in [0, 0.05) is 18.0 Å². The molecule has 0 atom stereocenters. The van der Waals surface area contributed by atoms with Crippen LogP contribution in [0.4, 0.5) is 0 Å². The predicted octanol–water partition coefficient (Wildman–Crippen LogP) is 3.90. The fraction of sp³-hybridized carbons (Fsp3) is 0.211. The third-order valence-electron chi connectivity index (χ3n) is 3.47. The highest BCUT2D eigenvalue weighted by molar-refractivity contribution is 5.98. The molecule has 0 radical (unpaired) electrons. The lowest BCUT2D eigenvalue weighted by Crippen LogP contribution is -2.14. The molecule has 24 heavy (non-hydrogen) atoms. The molecule has 0 saturated heterocycles. The molecule has 5 nitrogen and oxygen atoms in total. The molecule has 0 unspecified atom stereocenters. The van der Waals surface area contributed by atoms with Crippen molar-refractivity contribution in [3.63, 3.8) is 0 Å². The van der Waals surface area contributed by atoms with E-state index in [1.807, 2.05) is 26.0 Å². The van der Waals surface area contributed by atoms with Gasteiger partial charge in [0.1, 0.15) is 5.56 Å². The van der Waals surface area contributed by atoms with Crippen molar-refractivity contribution in [1.29, 1.82) is 0 Å². The van der Waals surface area contributed by atoms with Gasteiger partial charge in [-0.25, -0.2) is 9.59 Å². The normalized spacial score (nSPS) is 11.0. The summed E-state index contributed by atoms with van der Waals surface area (Å²) in [5, 5.41) is 0. The number of benzene rings is 1. The molecule has 1 aromatic heterocycles. The zero-order valence-electron chi connectivity index (χ0n) is 13.9. The number of carbonyl (C=O) groups is 2. The van der Waals surface area contributed by atoms with Gasteiger partial charge in [0.25, 0.3) is 0 Å². The summed E-state index contributed by atoms with van der Waals surface area (Å²) >= 11 is 0. The van der Waals surface area contributed by atoms with Crippen LogP contribution < -0.4 is 4.74 Å². The van der Waals surface area contributed by atoms with Crippen LogP contribution in [0.25, 0.3) is 5.57 Å². The van der Waals surface area contributed by atoms with Crippen LogP contribution in [-0.4, -0.2) is 24.0 Å². The van der Waals surface area contributed by atoms with Crippen molar-refractivity contribution in [1.82, 2.24) is 4.98 Å². The minimum atomic E-state index is -0.557. The number of hydrogen-bond acceptors (Lipinski definition) is 5. The van der Waals surface area contributed by atoms with E-state index in [9.17, 15) is 9.59 Å². The molecule has 1 heterocycles. The highest BCUT2D eigenvalue weighted by Crippen LogP contribution is 2.31. The number of pyridine rings is 1. The van der Waals surface area contributed by atoms with Gasteiger partial charge in [-0.15, -0.1) is 0 Å². The van der Waals surface area contributed by atoms with Crippen molar-refractivity contribution in [2.75, 3.05) is 7.11 Å². The van der Waals surface area contributed by atoms with E-state index in [-0.39, 0.29) is 11.3 Å². The Morgan fingerprint density at radius 2 is 1.75 bits per heavy atom. The maximum atomic E-state index is 12.4. The molecule has 2 rings (SSSR count). The molecule has 124 valence electrons. The minimum Gasteiger partial charge on any atom is -0.465 e. The Kier molecular flexibility index (Phi) is 5.84. The number of esters is 2. The van der Waals surface area contributed by atoms with E-state index < -0.39 is 11.9 Å². The number of carbonyl (C=O) groups excluding carboxylic acids is 2. The molecule has 0 bridgehead atoms. The summed E-state index contributed by atoms with van der Waals surface area (Å²) in [7, 11) is 1.29. The lowest BCUT2D eigenvalue weighted by molar-refractivity contribution is 0.0593. The maximum absolute atomic E-state index is 12.4. The van der Waals surface area contributed by atoms with Crippen LogP contribution in [0.2, 0.25) is 0 Å². The Bertz CT molecular complexity index is 766. The molecular formula is C19H19NO4. The first-order valence-corrected chi connectivity index (χ1v) is 7.59. The number of methoxy groups -OCH3 is 1. The molecule has 0 spiro atoms. The van der Waals surface area contributed by atoms with Gasteiger partial charge in [-0.1, -0.05) is 25.1 Å². The molecule has 5 heteroatoms. The van der Waals surface area contributed by atoms with E-state index in [1.165, 1.54) is 19.5 Å². The number of ether oxygens (including phenoxy) is 2. The van der Waals surface area contributed by atoms with Crippen molar-refractivity contribution in [3.05, 3.63) is 65.5 Å². The van der Waals surface area contributed by atoms with Crippen molar-refractivity contribution in [2.24, 2.45) is 0 Å². The van der Waals surface area contributed by atoms with Crippen molar-refractivity contribution in [2.45, 2.75) is 20.3 Å². The van der Waals surface area contributed by atoms with Crippen LogP contribution in [0.1, 0.15) is 46.5 Å². The van der Waals surface area contributed by atoms with Crippen LogP contribution in [0, 0.1) is 0 Å². The summed E-state index contributed by atoms with van der Waals surface area (Å²) < 4.78 is 10.3. The topological polar surface area (TPSA) is 65.5 Å². The van der Waals surface area contributed by atoms with Gasteiger partial charge in [0.2, 0.25) is 0 Å². The second kappa shape index (κ2) is 8.06. The zero-order valence-corrected chi connectivity index (χ0v) is 13.9. The highest BCUT2D eigenvalue weighted by Gasteiger charge is 2.21. The number of rotatable bonds is 5. The maximum Gasteiger partial charge on any atom is 0.343 e. The van der Waals surface area contributed by atoms with E-state index in [4.69, 9.17) is 9.47 Å². The Labute approximate surface area is 140 Å². The summed E-state index contributed by atoms with van der Waals surface area (Å²) in [5.41, 5.74) is 2.16. The van der Waals surface area contributed by atoms with Gasteiger partial charge >= 0.3 is 11.9 Å². The number of aromatic nitrogens is 1. The van der Waals surface area contributed by atoms with Crippen LogP contribution in [0.3, 0.4) is 0 Å². The number of hydrogen-bond donors (Lipinski definition) is 0. The van der Waals surface area contributed by atoms with Crippen LogP contribution in [0.15, 0.2) is 48.8 Å². The molecule has 0 fully saturated rings. The fourth-order valence-corrected chi connectivity index (χ4v) is 2.28. The third-order valence-corrected chi connectivity index (χ3v) is 3.47. The molecular weight excluding hydrogens is 306 g/mol. The first-order valence-electron chi connectivity index (χ1n) is 7.59. The Balaban J connectivity index is 2.50. The smallest absolute Gasteiger partial charge is 0.343 e. The van der Waals surface area contributed by atoms with E-state index in [0.717, 1.165) is 12.0 Å².